The van der Waals surface area contributed by atoms with Crippen molar-refractivity contribution in [3.63, 3.8) is 0 Å². The van der Waals surface area contributed by atoms with Gasteiger partial charge in [0, 0.05) is 29.7 Å². The van der Waals surface area contributed by atoms with E-state index in [1.807, 2.05) is 0 Å². The Bertz CT molecular complexity index is 911. The highest BCUT2D eigenvalue weighted by Gasteiger charge is 2.24. The van der Waals surface area contributed by atoms with Crippen LogP contribution in [-0.4, -0.2) is 31.4 Å². The van der Waals surface area contributed by atoms with E-state index in [1.165, 1.54) is 14.0 Å². The highest BCUT2D eigenvalue weighted by atomic mass is 35.5. The number of carbonyl (C=O) groups excluding carboxylic acids is 3. The molecule has 28 heavy (non-hydrogen) atoms. The molecule has 1 N–H and O–H groups in total. The maximum atomic E-state index is 12.8. The molecule has 0 saturated heterocycles. The van der Waals surface area contributed by atoms with Crippen LogP contribution in [0.4, 0.5) is 5.69 Å². The fourth-order valence-corrected chi connectivity index (χ4v) is 3.43. The van der Waals surface area contributed by atoms with Crippen molar-refractivity contribution in [2.75, 3.05) is 18.6 Å². The van der Waals surface area contributed by atoms with Gasteiger partial charge in [0.1, 0.15) is 0 Å². The Morgan fingerprint density at radius 2 is 1.89 bits per heavy atom. The molecule has 6 nitrogen and oxygen atoms in total. The number of fused-ring (bicyclic) bond motifs is 1. The largest absolute Gasteiger partial charge is 0.469 e. The van der Waals surface area contributed by atoms with Crippen LogP contribution in [-0.2, 0) is 20.7 Å². The van der Waals surface area contributed by atoms with E-state index in [1.54, 1.807) is 47.4 Å². The number of nitrogens with one attached hydrogen (secondary N) is 1. The monoisotopic (exact) mass is 400 g/mol. The van der Waals surface area contributed by atoms with Crippen LogP contribution in [0.2, 0.25) is 5.02 Å². The molecule has 2 aromatic carbocycles. The molecular weight excluding hydrogens is 380 g/mol. The number of esters is 1. The van der Waals surface area contributed by atoms with Crippen molar-refractivity contribution in [1.29, 1.82) is 0 Å². The topological polar surface area (TPSA) is 75.7 Å². The van der Waals surface area contributed by atoms with Gasteiger partial charge < -0.3 is 15.0 Å². The Labute approximate surface area is 168 Å². The van der Waals surface area contributed by atoms with E-state index >= 15 is 0 Å². The maximum Gasteiger partial charge on any atom is 0.307 e. The van der Waals surface area contributed by atoms with Gasteiger partial charge in [-0.15, -0.1) is 0 Å². The standard InChI is InChI=1S/C21H21ClN2O4/c1-13(25)24-10-9-15-11-16(5-8-19(15)24)21(27)23-18(12-20(26)28-2)14-3-6-17(22)7-4-14/h3-8,11,18H,9-10,12H2,1-2H3,(H,23,27)/t18-/m1/s1. The summed E-state index contributed by atoms with van der Waals surface area (Å²) in [5.74, 6) is -0.740. The fraction of sp³-hybridized carbons (Fsp3) is 0.286. The van der Waals surface area contributed by atoms with Gasteiger partial charge in [0.05, 0.1) is 19.6 Å². The van der Waals surface area contributed by atoms with Crippen LogP contribution in [0.5, 0.6) is 0 Å². The number of hydrogen-bond donors (Lipinski definition) is 1. The first-order chi connectivity index (χ1) is 13.4. The summed E-state index contributed by atoms with van der Waals surface area (Å²) in [6.07, 6.45) is 0.714. The van der Waals surface area contributed by atoms with Crippen LogP contribution in [0, 0.1) is 0 Å². The first kappa shape index (κ1) is 19.9. The van der Waals surface area contributed by atoms with Gasteiger partial charge in [-0.25, -0.2) is 0 Å². The summed E-state index contributed by atoms with van der Waals surface area (Å²) in [6.45, 7) is 2.14. The summed E-state index contributed by atoms with van der Waals surface area (Å²) in [5, 5.41) is 3.47. The number of hydrogen-bond acceptors (Lipinski definition) is 4. The molecule has 0 aromatic heterocycles. The minimum Gasteiger partial charge on any atom is -0.469 e. The summed E-state index contributed by atoms with van der Waals surface area (Å²) in [5.41, 5.74) is 3.03. The normalized spacial score (nSPS) is 13.6. The lowest BCUT2D eigenvalue weighted by Crippen LogP contribution is -2.30. The molecule has 1 aliphatic heterocycles. The molecule has 0 saturated carbocycles. The van der Waals surface area contributed by atoms with Crippen LogP contribution < -0.4 is 10.2 Å². The van der Waals surface area contributed by atoms with E-state index in [9.17, 15) is 14.4 Å². The summed E-state index contributed by atoms with van der Waals surface area (Å²) < 4.78 is 4.75. The Hall–Kier alpha value is -2.86. The van der Waals surface area contributed by atoms with Crippen LogP contribution in [0.15, 0.2) is 42.5 Å². The van der Waals surface area contributed by atoms with E-state index < -0.39 is 12.0 Å². The summed E-state index contributed by atoms with van der Waals surface area (Å²) in [7, 11) is 1.31. The van der Waals surface area contributed by atoms with Crippen molar-refractivity contribution in [2.45, 2.75) is 25.8 Å². The lowest BCUT2D eigenvalue weighted by molar-refractivity contribution is -0.141. The van der Waals surface area contributed by atoms with Crippen molar-refractivity contribution < 1.29 is 19.1 Å². The molecular formula is C21H21ClN2O4. The average molecular weight is 401 g/mol. The number of methoxy groups -OCH3 is 1. The van der Waals surface area contributed by atoms with Gasteiger partial charge in [-0.05, 0) is 47.9 Å². The molecule has 0 aliphatic carbocycles. The van der Waals surface area contributed by atoms with E-state index in [4.69, 9.17) is 16.3 Å². The number of nitrogens with zero attached hydrogens (tertiary/aromatic N) is 1. The van der Waals surface area contributed by atoms with Crippen LogP contribution >= 0.6 is 11.6 Å². The SMILES string of the molecule is COC(=O)C[C@@H](NC(=O)c1ccc2c(c1)CCN2C(C)=O)c1ccc(Cl)cc1. The van der Waals surface area contributed by atoms with Crippen LogP contribution in [0.25, 0.3) is 0 Å². The van der Waals surface area contributed by atoms with Crippen LogP contribution in [0.3, 0.4) is 0 Å². The molecule has 0 fully saturated rings. The lowest BCUT2D eigenvalue weighted by atomic mass is 10.0. The summed E-state index contributed by atoms with van der Waals surface area (Å²) >= 11 is 5.93. The first-order valence-electron chi connectivity index (χ1n) is 8.93. The lowest BCUT2D eigenvalue weighted by Gasteiger charge is -2.19. The molecule has 2 aromatic rings. The molecule has 0 unspecified atom stereocenters. The second kappa shape index (κ2) is 8.44. The van der Waals surface area contributed by atoms with Gasteiger partial charge in [0.15, 0.2) is 0 Å². The Kier molecular flexibility index (Phi) is 5.99. The minimum absolute atomic E-state index is 0.00687. The third kappa shape index (κ3) is 4.34. The average Bonchev–Trinajstić information content (AvgIpc) is 3.11. The van der Waals surface area contributed by atoms with Crippen LogP contribution in [0.1, 0.15) is 40.9 Å². The second-order valence-corrected chi connectivity index (χ2v) is 7.06. The van der Waals surface area contributed by atoms with Crippen molar-refractivity contribution in [1.82, 2.24) is 5.32 Å². The number of anilines is 1. The van der Waals surface area contributed by atoms with Gasteiger partial charge >= 0.3 is 5.97 Å². The number of ether oxygens (including phenoxy) is 1. The van der Waals surface area contributed by atoms with E-state index in [0.717, 1.165) is 16.8 Å². The number of rotatable bonds is 5. The fourth-order valence-electron chi connectivity index (χ4n) is 3.31. The summed E-state index contributed by atoms with van der Waals surface area (Å²) in [4.78, 5) is 38.0. The van der Waals surface area contributed by atoms with Gasteiger partial charge in [-0.2, -0.15) is 0 Å². The molecule has 0 spiro atoms. The van der Waals surface area contributed by atoms with Gasteiger partial charge in [-0.1, -0.05) is 23.7 Å². The maximum absolute atomic E-state index is 12.8. The molecule has 7 heteroatoms. The zero-order chi connectivity index (χ0) is 20.3. The Morgan fingerprint density at radius 3 is 2.54 bits per heavy atom. The second-order valence-electron chi connectivity index (χ2n) is 6.62. The molecule has 0 bridgehead atoms. The van der Waals surface area contributed by atoms with Crippen molar-refractivity contribution in [3.05, 3.63) is 64.2 Å². The zero-order valence-corrected chi connectivity index (χ0v) is 16.5. The smallest absolute Gasteiger partial charge is 0.307 e. The number of carbonyl (C=O) groups is 3. The number of halogens is 1. The Morgan fingerprint density at radius 1 is 1.18 bits per heavy atom. The highest BCUT2D eigenvalue weighted by molar-refractivity contribution is 6.30. The molecule has 2 amide bonds. The van der Waals surface area contributed by atoms with Gasteiger partial charge in [0.2, 0.25) is 5.91 Å². The minimum atomic E-state index is -0.542. The quantitative estimate of drug-likeness (QED) is 0.781. The molecule has 3 rings (SSSR count). The van der Waals surface area contributed by atoms with E-state index in [2.05, 4.69) is 5.32 Å². The molecule has 1 atom stereocenters. The van der Waals surface area contributed by atoms with Crippen molar-refractivity contribution in [3.8, 4) is 0 Å². The number of amides is 2. The van der Waals surface area contributed by atoms with Gasteiger partial charge in [0.25, 0.3) is 5.91 Å². The van der Waals surface area contributed by atoms with E-state index in [0.29, 0.717) is 23.6 Å². The predicted octanol–water partition coefficient (Wildman–Crippen LogP) is 3.28. The van der Waals surface area contributed by atoms with Gasteiger partial charge in [-0.3, -0.25) is 14.4 Å². The molecule has 0 radical (unpaired) electrons. The zero-order valence-electron chi connectivity index (χ0n) is 15.7. The highest BCUT2D eigenvalue weighted by Crippen LogP contribution is 2.29. The number of benzene rings is 2. The van der Waals surface area contributed by atoms with E-state index in [-0.39, 0.29) is 18.2 Å². The molecule has 146 valence electrons. The molecule has 1 heterocycles. The van der Waals surface area contributed by atoms with Crippen molar-refractivity contribution in [2.24, 2.45) is 0 Å². The predicted molar refractivity (Wildman–Crippen MR) is 106 cm³/mol. The first-order valence-corrected chi connectivity index (χ1v) is 9.31. The third-order valence-electron chi connectivity index (χ3n) is 4.79. The third-order valence-corrected chi connectivity index (χ3v) is 5.05. The molecule has 1 aliphatic rings. The Balaban J connectivity index is 1.81. The summed E-state index contributed by atoms with van der Waals surface area (Å²) in [6, 6.07) is 11.7. The van der Waals surface area contributed by atoms with Crippen molar-refractivity contribution >= 4 is 35.1 Å².